The molecule has 2 aromatic rings. The number of ether oxygens (including phenoxy) is 1. The van der Waals surface area contributed by atoms with Crippen molar-refractivity contribution in [3.63, 3.8) is 0 Å². The van der Waals surface area contributed by atoms with Crippen molar-refractivity contribution in [2.75, 3.05) is 12.4 Å². The van der Waals surface area contributed by atoms with E-state index in [4.69, 9.17) is 16.3 Å². The summed E-state index contributed by atoms with van der Waals surface area (Å²) in [7, 11) is 1.53. The van der Waals surface area contributed by atoms with Gasteiger partial charge >= 0.3 is 0 Å². The van der Waals surface area contributed by atoms with E-state index >= 15 is 0 Å². The Kier molecular flexibility index (Phi) is 4.78. The number of hydrogen-bond donors (Lipinski definition) is 2. The second-order valence-electron chi connectivity index (χ2n) is 6.89. The molecule has 1 aliphatic heterocycles. The van der Waals surface area contributed by atoms with Crippen LogP contribution in [0.3, 0.4) is 0 Å². The predicted molar refractivity (Wildman–Crippen MR) is 102 cm³/mol. The van der Waals surface area contributed by atoms with Crippen molar-refractivity contribution in [3.8, 4) is 5.75 Å². The first-order chi connectivity index (χ1) is 13.1. The van der Waals surface area contributed by atoms with Gasteiger partial charge in [0.15, 0.2) is 11.5 Å². The van der Waals surface area contributed by atoms with Gasteiger partial charge in [-0.15, -0.1) is 0 Å². The Hall–Kier alpha value is -2.54. The van der Waals surface area contributed by atoms with Gasteiger partial charge in [-0.05, 0) is 50.3 Å². The van der Waals surface area contributed by atoms with E-state index < -0.39 is 0 Å². The Morgan fingerprint density at radius 2 is 2.07 bits per heavy atom. The minimum Gasteiger partial charge on any atom is -0.495 e. The van der Waals surface area contributed by atoms with Crippen LogP contribution in [0.2, 0.25) is 5.02 Å². The lowest BCUT2D eigenvalue weighted by atomic mass is 10.1. The van der Waals surface area contributed by atoms with Gasteiger partial charge in [0.1, 0.15) is 5.75 Å². The summed E-state index contributed by atoms with van der Waals surface area (Å²) in [4.78, 5) is 29.9. The monoisotopic (exact) mass is 388 g/mol. The van der Waals surface area contributed by atoms with E-state index in [0.717, 1.165) is 37.8 Å². The molecule has 1 saturated carbocycles. The Labute approximate surface area is 162 Å². The highest BCUT2D eigenvalue weighted by atomic mass is 35.5. The Balaban J connectivity index is 1.64. The Morgan fingerprint density at radius 3 is 2.81 bits per heavy atom. The molecule has 2 heterocycles. The van der Waals surface area contributed by atoms with E-state index in [-0.39, 0.29) is 23.6 Å². The Bertz CT molecular complexity index is 905. The number of rotatable bonds is 5. The van der Waals surface area contributed by atoms with Crippen LogP contribution in [0, 0.1) is 0 Å². The molecule has 1 aromatic heterocycles. The molecule has 2 N–H and O–H groups in total. The normalized spacial score (nSPS) is 15.8. The van der Waals surface area contributed by atoms with Crippen molar-refractivity contribution in [2.45, 2.75) is 44.7 Å². The summed E-state index contributed by atoms with van der Waals surface area (Å²) in [6.07, 6.45) is 4.66. The topological polar surface area (TPSA) is 85.2 Å². The fourth-order valence-electron chi connectivity index (χ4n) is 3.34. The van der Waals surface area contributed by atoms with E-state index in [1.165, 1.54) is 7.11 Å². The van der Waals surface area contributed by atoms with Crippen LogP contribution < -0.4 is 15.4 Å². The number of fused-ring (bicyclic) bond motifs is 1. The van der Waals surface area contributed by atoms with E-state index in [2.05, 4.69) is 15.6 Å². The highest BCUT2D eigenvalue weighted by molar-refractivity contribution is 6.31. The summed E-state index contributed by atoms with van der Waals surface area (Å²) in [5, 5.41) is 6.26. The first-order valence-electron chi connectivity index (χ1n) is 9.12. The summed E-state index contributed by atoms with van der Waals surface area (Å²) in [6.45, 7) is 0.698. The number of carbonyl (C=O) groups is 2. The van der Waals surface area contributed by atoms with Crippen molar-refractivity contribution in [2.24, 2.45) is 0 Å². The van der Waals surface area contributed by atoms with Crippen LogP contribution in [0.4, 0.5) is 5.69 Å². The lowest BCUT2D eigenvalue weighted by molar-refractivity contribution is 0.0935. The molecule has 2 aliphatic rings. The molecule has 7 nitrogen and oxygen atoms in total. The molecule has 4 rings (SSSR count). The number of nitrogens with zero attached hydrogens (tertiary/aromatic N) is 2. The number of hydrogen-bond acceptors (Lipinski definition) is 4. The smallest absolute Gasteiger partial charge is 0.287 e. The van der Waals surface area contributed by atoms with Crippen LogP contribution >= 0.6 is 11.6 Å². The first-order valence-corrected chi connectivity index (χ1v) is 9.49. The van der Waals surface area contributed by atoms with E-state index in [9.17, 15) is 9.59 Å². The highest BCUT2D eigenvalue weighted by Gasteiger charge is 2.31. The standard InChI is InChI=1S/C19H21ClN4O3/c1-27-15-8-5-11(20)10-13(15)22-18(25)16-14-4-2-3-9-24(14)17(23-16)19(26)21-12-6-7-12/h5,8,10,12H,2-4,6-7,9H2,1H3,(H,21,26)(H,22,25). The van der Waals surface area contributed by atoms with Gasteiger partial charge in [0.25, 0.3) is 11.8 Å². The minimum absolute atomic E-state index is 0.208. The first kappa shape index (κ1) is 17.9. The Morgan fingerprint density at radius 1 is 1.26 bits per heavy atom. The number of carbonyl (C=O) groups excluding carboxylic acids is 2. The minimum atomic E-state index is -0.369. The average molecular weight is 389 g/mol. The van der Waals surface area contributed by atoms with E-state index in [0.29, 0.717) is 28.8 Å². The van der Waals surface area contributed by atoms with Gasteiger partial charge < -0.3 is 19.9 Å². The lowest BCUT2D eigenvalue weighted by Crippen LogP contribution is -2.29. The average Bonchev–Trinajstić information content (AvgIpc) is 3.38. The fourth-order valence-corrected chi connectivity index (χ4v) is 3.51. The summed E-state index contributed by atoms with van der Waals surface area (Å²) in [5.41, 5.74) is 1.56. The largest absolute Gasteiger partial charge is 0.495 e. The zero-order valence-electron chi connectivity index (χ0n) is 15.0. The van der Waals surface area contributed by atoms with Crippen molar-refractivity contribution in [1.29, 1.82) is 0 Å². The molecule has 0 unspecified atom stereocenters. The van der Waals surface area contributed by atoms with Gasteiger partial charge in [-0.25, -0.2) is 4.98 Å². The summed E-state index contributed by atoms with van der Waals surface area (Å²) >= 11 is 6.04. The van der Waals surface area contributed by atoms with Crippen LogP contribution in [0.25, 0.3) is 0 Å². The third kappa shape index (κ3) is 3.64. The van der Waals surface area contributed by atoms with Crippen LogP contribution in [0.5, 0.6) is 5.75 Å². The predicted octanol–water partition coefficient (Wildman–Crippen LogP) is 3.03. The second-order valence-corrected chi connectivity index (χ2v) is 7.32. The molecule has 1 aliphatic carbocycles. The number of benzene rings is 1. The van der Waals surface area contributed by atoms with Crippen molar-refractivity contribution < 1.29 is 14.3 Å². The zero-order valence-corrected chi connectivity index (χ0v) is 15.8. The van der Waals surface area contributed by atoms with Gasteiger partial charge in [-0.3, -0.25) is 9.59 Å². The molecule has 0 saturated heterocycles. The van der Waals surface area contributed by atoms with E-state index in [1.807, 2.05) is 4.57 Å². The molecule has 1 fully saturated rings. The number of amides is 2. The molecular weight excluding hydrogens is 368 g/mol. The molecule has 0 atom stereocenters. The van der Waals surface area contributed by atoms with Crippen molar-refractivity contribution in [3.05, 3.63) is 40.4 Å². The van der Waals surface area contributed by atoms with Gasteiger partial charge in [-0.2, -0.15) is 0 Å². The highest BCUT2D eigenvalue weighted by Crippen LogP contribution is 2.29. The number of nitrogens with one attached hydrogen (secondary N) is 2. The SMILES string of the molecule is COc1ccc(Cl)cc1NC(=O)c1nc(C(=O)NC2CC2)n2c1CCCC2. The summed E-state index contributed by atoms with van der Waals surface area (Å²) in [6, 6.07) is 5.24. The molecule has 0 radical (unpaired) electrons. The number of halogens is 1. The summed E-state index contributed by atoms with van der Waals surface area (Å²) in [5.74, 6) is 0.249. The molecule has 0 spiro atoms. The van der Waals surface area contributed by atoms with Crippen molar-refractivity contribution >= 4 is 29.1 Å². The van der Waals surface area contributed by atoms with Gasteiger partial charge in [0.2, 0.25) is 0 Å². The maximum atomic E-state index is 12.9. The molecule has 1 aromatic carbocycles. The maximum absolute atomic E-state index is 12.9. The van der Waals surface area contributed by atoms with Crippen molar-refractivity contribution in [1.82, 2.24) is 14.9 Å². The lowest BCUT2D eigenvalue weighted by Gasteiger charge is -2.17. The quantitative estimate of drug-likeness (QED) is 0.824. The fraction of sp³-hybridized carbons (Fsp3) is 0.421. The third-order valence-electron chi connectivity index (χ3n) is 4.86. The van der Waals surface area contributed by atoms with Crippen LogP contribution in [-0.4, -0.2) is 34.5 Å². The molecule has 142 valence electrons. The second kappa shape index (κ2) is 7.23. The van der Waals surface area contributed by atoms with Gasteiger partial charge in [0.05, 0.1) is 18.5 Å². The van der Waals surface area contributed by atoms with Crippen LogP contribution in [-0.2, 0) is 13.0 Å². The third-order valence-corrected chi connectivity index (χ3v) is 5.09. The molecule has 27 heavy (non-hydrogen) atoms. The maximum Gasteiger partial charge on any atom is 0.287 e. The number of aromatic nitrogens is 2. The van der Waals surface area contributed by atoms with E-state index in [1.54, 1.807) is 18.2 Å². The van der Waals surface area contributed by atoms with Gasteiger partial charge in [-0.1, -0.05) is 11.6 Å². The van der Waals surface area contributed by atoms with Gasteiger partial charge in [0, 0.05) is 17.6 Å². The molecule has 2 amide bonds. The molecule has 0 bridgehead atoms. The molecule has 8 heteroatoms. The van der Waals surface area contributed by atoms with Crippen LogP contribution in [0.1, 0.15) is 52.5 Å². The zero-order chi connectivity index (χ0) is 19.0. The summed E-state index contributed by atoms with van der Waals surface area (Å²) < 4.78 is 7.16. The number of methoxy groups -OCH3 is 1. The van der Waals surface area contributed by atoms with Crippen LogP contribution in [0.15, 0.2) is 18.2 Å². The molecular formula is C19H21ClN4O3. The number of anilines is 1. The number of imidazole rings is 1.